The number of benzene rings is 2. The van der Waals surface area contributed by atoms with Crippen molar-refractivity contribution in [1.29, 1.82) is 0 Å². The van der Waals surface area contributed by atoms with Crippen LogP contribution in [0.3, 0.4) is 0 Å². The first kappa shape index (κ1) is 20.7. The second-order valence-electron chi connectivity index (χ2n) is 6.79. The van der Waals surface area contributed by atoms with Crippen LogP contribution in [-0.2, 0) is 24.2 Å². The molecule has 0 bridgehead atoms. The summed E-state index contributed by atoms with van der Waals surface area (Å²) in [7, 11) is 1.87. The lowest BCUT2D eigenvalue weighted by Gasteiger charge is -2.12. The summed E-state index contributed by atoms with van der Waals surface area (Å²) in [6, 6.07) is 19.0. The second kappa shape index (κ2) is 9.98. The number of nitrogens with zero attached hydrogens (tertiary/aromatic N) is 1. The Bertz CT molecular complexity index is 1030. The van der Waals surface area contributed by atoms with Crippen LogP contribution in [-0.4, -0.2) is 16.2 Å². The van der Waals surface area contributed by atoms with E-state index in [4.69, 9.17) is 4.74 Å². The Kier molecular flexibility index (Phi) is 7.14. The molecular formula is C23H24N2O3S. The third-order valence-electron chi connectivity index (χ3n) is 4.33. The molecular weight excluding hydrogens is 384 g/mol. The van der Waals surface area contributed by atoms with Gasteiger partial charge in [0.05, 0.1) is 11.9 Å². The number of aromatic nitrogens is 1. The molecule has 0 aliphatic rings. The summed E-state index contributed by atoms with van der Waals surface area (Å²) in [5.74, 6) is 1.14. The monoisotopic (exact) mass is 408 g/mol. The van der Waals surface area contributed by atoms with Crippen LogP contribution in [0.1, 0.15) is 16.8 Å². The zero-order valence-electron chi connectivity index (χ0n) is 16.6. The van der Waals surface area contributed by atoms with E-state index in [-0.39, 0.29) is 11.3 Å². The Morgan fingerprint density at radius 3 is 2.66 bits per heavy atom. The molecule has 5 nitrogen and oxygen atoms in total. The van der Waals surface area contributed by atoms with Crippen LogP contribution >= 0.6 is 11.8 Å². The van der Waals surface area contributed by atoms with Crippen LogP contribution < -0.4 is 15.5 Å². The van der Waals surface area contributed by atoms with Gasteiger partial charge in [-0.2, -0.15) is 0 Å². The molecule has 1 N–H and O–H groups in total. The maximum absolute atomic E-state index is 12.4. The molecule has 0 unspecified atom stereocenters. The van der Waals surface area contributed by atoms with Crippen LogP contribution in [0.2, 0.25) is 0 Å². The van der Waals surface area contributed by atoms with E-state index in [9.17, 15) is 9.59 Å². The summed E-state index contributed by atoms with van der Waals surface area (Å²) in [5, 5.41) is 2.89. The predicted molar refractivity (Wildman–Crippen MR) is 118 cm³/mol. The lowest BCUT2D eigenvalue weighted by molar-refractivity contribution is -0.113. The standard InChI is InChI=1S/C23H24N2O3S/c1-17-7-6-10-19(11-17)24-23(27)16-29-15-20-12-21(26)22(13-25(20)2)28-14-18-8-4-3-5-9-18/h3-13H,14-16H2,1-2H3,(H,24,27). The molecule has 1 amide bonds. The first-order valence-corrected chi connectivity index (χ1v) is 10.5. The van der Waals surface area contributed by atoms with Crippen LogP contribution in [0.15, 0.2) is 71.7 Å². The number of aryl methyl sites for hydroxylation is 2. The number of pyridine rings is 1. The van der Waals surface area contributed by atoms with E-state index >= 15 is 0 Å². The average Bonchev–Trinajstić information content (AvgIpc) is 2.70. The molecule has 0 saturated carbocycles. The zero-order chi connectivity index (χ0) is 20.6. The molecule has 3 rings (SSSR count). The molecule has 3 aromatic rings. The Morgan fingerprint density at radius 2 is 1.90 bits per heavy atom. The number of ether oxygens (including phenoxy) is 1. The van der Waals surface area contributed by atoms with E-state index in [1.165, 1.54) is 11.8 Å². The summed E-state index contributed by atoms with van der Waals surface area (Å²) in [4.78, 5) is 24.5. The molecule has 6 heteroatoms. The van der Waals surface area contributed by atoms with Gasteiger partial charge in [0, 0.05) is 30.2 Å². The van der Waals surface area contributed by atoms with Crippen LogP contribution in [0.4, 0.5) is 5.69 Å². The summed E-state index contributed by atoms with van der Waals surface area (Å²) < 4.78 is 7.54. The summed E-state index contributed by atoms with van der Waals surface area (Å²) >= 11 is 1.46. The van der Waals surface area contributed by atoms with Gasteiger partial charge in [0.1, 0.15) is 6.61 Å². The highest BCUT2D eigenvalue weighted by Gasteiger charge is 2.08. The molecule has 0 saturated heterocycles. The minimum absolute atomic E-state index is 0.0617. The molecule has 0 spiro atoms. The van der Waals surface area contributed by atoms with Crippen molar-refractivity contribution in [2.24, 2.45) is 7.05 Å². The average molecular weight is 409 g/mol. The number of carbonyl (C=O) groups excluding carboxylic acids is 1. The number of carbonyl (C=O) groups is 1. The van der Waals surface area contributed by atoms with E-state index in [1.807, 2.05) is 73.1 Å². The van der Waals surface area contributed by atoms with Gasteiger partial charge in [-0.3, -0.25) is 9.59 Å². The number of rotatable bonds is 8. The molecule has 0 aliphatic carbocycles. The van der Waals surface area contributed by atoms with Crippen molar-refractivity contribution in [3.63, 3.8) is 0 Å². The Balaban J connectivity index is 1.52. The summed E-state index contributed by atoms with van der Waals surface area (Å²) in [6.07, 6.45) is 1.70. The van der Waals surface area contributed by atoms with E-state index < -0.39 is 0 Å². The second-order valence-corrected chi connectivity index (χ2v) is 7.77. The van der Waals surface area contributed by atoms with E-state index in [1.54, 1.807) is 12.3 Å². The molecule has 150 valence electrons. The van der Waals surface area contributed by atoms with Crippen molar-refractivity contribution >= 4 is 23.4 Å². The quantitative estimate of drug-likeness (QED) is 0.608. The fourth-order valence-electron chi connectivity index (χ4n) is 2.80. The highest BCUT2D eigenvalue weighted by molar-refractivity contribution is 7.99. The Hall–Kier alpha value is -2.99. The minimum atomic E-state index is -0.154. The normalized spacial score (nSPS) is 10.6. The molecule has 0 atom stereocenters. The van der Waals surface area contributed by atoms with Gasteiger partial charge in [0.15, 0.2) is 5.75 Å². The first-order valence-electron chi connectivity index (χ1n) is 9.32. The maximum Gasteiger partial charge on any atom is 0.234 e. The van der Waals surface area contributed by atoms with Gasteiger partial charge in [-0.15, -0.1) is 11.8 Å². The SMILES string of the molecule is Cc1cccc(NC(=O)CSCc2cc(=O)c(OCc3ccccc3)cn2C)c1. The number of anilines is 1. The third kappa shape index (κ3) is 6.26. The highest BCUT2D eigenvalue weighted by atomic mass is 32.2. The lowest BCUT2D eigenvalue weighted by atomic mass is 10.2. The van der Waals surface area contributed by atoms with Crippen molar-refractivity contribution in [2.75, 3.05) is 11.1 Å². The van der Waals surface area contributed by atoms with E-state index in [0.29, 0.717) is 23.9 Å². The summed E-state index contributed by atoms with van der Waals surface area (Å²) in [5.41, 5.74) is 3.59. The fourth-order valence-corrected chi connectivity index (χ4v) is 3.66. The van der Waals surface area contributed by atoms with Gasteiger partial charge in [0.25, 0.3) is 0 Å². The van der Waals surface area contributed by atoms with E-state index in [2.05, 4.69) is 5.32 Å². The zero-order valence-corrected chi connectivity index (χ0v) is 17.4. The number of hydrogen-bond acceptors (Lipinski definition) is 4. The first-order chi connectivity index (χ1) is 14.0. The number of hydrogen-bond donors (Lipinski definition) is 1. The van der Waals surface area contributed by atoms with Crippen LogP contribution in [0, 0.1) is 6.92 Å². The van der Waals surface area contributed by atoms with Crippen LogP contribution in [0.25, 0.3) is 0 Å². The molecule has 0 aliphatic heterocycles. The van der Waals surface area contributed by atoms with Crippen LogP contribution in [0.5, 0.6) is 5.75 Å². The summed E-state index contributed by atoms with van der Waals surface area (Å²) in [6.45, 7) is 2.33. The molecule has 1 heterocycles. The molecule has 1 aromatic heterocycles. The molecule has 29 heavy (non-hydrogen) atoms. The van der Waals surface area contributed by atoms with Crippen molar-refractivity contribution in [3.05, 3.63) is 93.9 Å². The molecule has 0 fully saturated rings. The van der Waals surface area contributed by atoms with Crippen molar-refractivity contribution in [1.82, 2.24) is 4.57 Å². The van der Waals surface area contributed by atoms with Gasteiger partial charge in [-0.05, 0) is 30.2 Å². The van der Waals surface area contributed by atoms with Gasteiger partial charge < -0.3 is 14.6 Å². The van der Waals surface area contributed by atoms with Gasteiger partial charge in [-0.1, -0.05) is 42.5 Å². The van der Waals surface area contributed by atoms with E-state index in [0.717, 1.165) is 22.5 Å². The third-order valence-corrected chi connectivity index (χ3v) is 5.29. The fraction of sp³-hybridized carbons (Fsp3) is 0.217. The minimum Gasteiger partial charge on any atom is -0.483 e. The van der Waals surface area contributed by atoms with Gasteiger partial charge >= 0.3 is 0 Å². The topological polar surface area (TPSA) is 60.3 Å². The van der Waals surface area contributed by atoms with Gasteiger partial charge in [-0.25, -0.2) is 0 Å². The largest absolute Gasteiger partial charge is 0.483 e. The number of thioether (sulfide) groups is 1. The Labute approximate surface area is 174 Å². The van der Waals surface area contributed by atoms with Crippen molar-refractivity contribution in [2.45, 2.75) is 19.3 Å². The highest BCUT2D eigenvalue weighted by Crippen LogP contribution is 2.15. The molecule has 0 radical (unpaired) electrons. The number of amides is 1. The smallest absolute Gasteiger partial charge is 0.234 e. The number of nitrogens with one attached hydrogen (secondary N) is 1. The predicted octanol–water partition coefficient (Wildman–Crippen LogP) is 4.14. The van der Waals surface area contributed by atoms with Gasteiger partial charge in [0.2, 0.25) is 11.3 Å². The lowest BCUT2D eigenvalue weighted by Crippen LogP contribution is -2.16. The Morgan fingerprint density at radius 1 is 1.10 bits per heavy atom. The molecule has 2 aromatic carbocycles. The van der Waals surface area contributed by atoms with Crippen molar-refractivity contribution in [3.8, 4) is 5.75 Å². The van der Waals surface area contributed by atoms with Crippen molar-refractivity contribution < 1.29 is 9.53 Å². The maximum atomic E-state index is 12.4.